The van der Waals surface area contributed by atoms with Crippen molar-refractivity contribution in [2.24, 2.45) is 11.5 Å². The first-order valence-corrected chi connectivity index (χ1v) is 8.36. The van der Waals surface area contributed by atoms with Gasteiger partial charge in [0.15, 0.2) is 0 Å². The summed E-state index contributed by atoms with van der Waals surface area (Å²) in [5.74, 6) is 0. The Hall–Kier alpha value is -0.240. The summed E-state index contributed by atoms with van der Waals surface area (Å²) < 4.78 is 0. The summed E-state index contributed by atoms with van der Waals surface area (Å²) in [4.78, 5) is 0. The summed E-state index contributed by atoms with van der Waals surface area (Å²) in [6.07, 6.45) is 7.35. The first kappa shape index (κ1) is 23.0. The molecule has 6 heteroatoms. The van der Waals surface area contributed by atoms with Gasteiger partial charge in [0.25, 0.3) is 0 Å². The van der Waals surface area contributed by atoms with Crippen LogP contribution in [0.5, 0.6) is 0 Å². The molecule has 0 rings (SSSR count). The van der Waals surface area contributed by atoms with E-state index in [1.165, 1.54) is 12.8 Å². The number of nitrogens with two attached hydrogens (primary N) is 2. The molecule has 21 heavy (non-hydrogen) atoms. The average molecular weight is 306 g/mol. The molecule has 0 bridgehead atoms. The molecule has 0 aliphatic rings. The van der Waals surface area contributed by atoms with Crippen LogP contribution in [-0.4, -0.2) is 62.7 Å². The molecule has 0 saturated carbocycles. The maximum absolute atomic E-state index is 8.40. The smallest absolute Gasteiger partial charge is 0.0443 e. The summed E-state index contributed by atoms with van der Waals surface area (Å²) in [7, 11) is 0. The molecule has 0 fully saturated rings. The molecule has 0 aromatic rings. The van der Waals surface area contributed by atoms with E-state index in [2.05, 4.69) is 10.6 Å². The van der Waals surface area contributed by atoms with Crippen molar-refractivity contribution in [1.82, 2.24) is 10.6 Å². The highest BCUT2D eigenvalue weighted by Gasteiger charge is 1.87. The fraction of sp³-hybridized carbons (Fsp3) is 1.00. The first-order valence-electron chi connectivity index (χ1n) is 8.36. The van der Waals surface area contributed by atoms with E-state index < -0.39 is 0 Å². The van der Waals surface area contributed by atoms with E-state index in [0.29, 0.717) is 0 Å². The van der Waals surface area contributed by atoms with Gasteiger partial charge in [0.2, 0.25) is 0 Å². The Morgan fingerprint density at radius 3 is 1.29 bits per heavy atom. The molecule has 0 aromatic heterocycles. The number of unbranched alkanes of at least 4 members (excludes halogenated alkanes) is 3. The predicted molar refractivity (Wildman–Crippen MR) is 90.3 cm³/mol. The van der Waals surface area contributed by atoms with Crippen LogP contribution in [0.25, 0.3) is 0 Å². The third-order valence-corrected chi connectivity index (χ3v) is 2.89. The maximum atomic E-state index is 8.40. The van der Waals surface area contributed by atoms with E-state index in [1.807, 2.05) is 0 Å². The zero-order valence-corrected chi connectivity index (χ0v) is 13.7. The Bertz CT molecular complexity index is 147. The van der Waals surface area contributed by atoms with Crippen LogP contribution in [0.4, 0.5) is 0 Å². The van der Waals surface area contributed by atoms with Crippen molar-refractivity contribution in [3.63, 3.8) is 0 Å². The molecule has 130 valence electrons. The fourth-order valence-corrected chi connectivity index (χ4v) is 1.60. The third-order valence-electron chi connectivity index (χ3n) is 2.89. The second kappa shape index (κ2) is 24.8. The minimum Gasteiger partial charge on any atom is -0.396 e. The number of nitrogens with one attached hydrogen (secondary N) is 2. The van der Waals surface area contributed by atoms with Crippen molar-refractivity contribution in [3.05, 3.63) is 0 Å². The van der Waals surface area contributed by atoms with Crippen LogP contribution < -0.4 is 22.1 Å². The van der Waals surface area contributed by atoms with Gasteiger partial charge in [-0.25, -0.2) is 0 Å². The number of aliphatic hydroxyl groups excluding tert-OH is 2. The topological polar surface area (TPSA) is 117 Å². The predicted octanol–water partition coefficient (Wildman–Crippen LogP) is -0.215. The molecule has 0 aromatic carbocycles. The molecule has 0 aliphatic heterocycles. The summed E-state index contributed by atoms with van der Waals surface area (Å²) >= 11 is 0. The van der Waals surface area contributed by atoms with E-state index in [1.54, 1.807) is 0 Å². The van der Waals surface area contributed by atoms with Crippen LogP contribution in [0.2, 0.25) is 0 Å². The summed E-state index contributed by atoms with van der Waals surface area (Å²) in [6, 6.07) is 0. The lowest BCUT2D eigenvalue weighted by atomic mass is 10.3. The van der Waals surface area contributed by atoms with Crippen LogP contribution in [0.15, 0.2) is 0 Å². The maximum Gasteiger partial charge on any atom is 0.0443 e. The number of hydrogen-bond donors (Lipinski definition) is 6. The SMILES string of the molecule is NCCCCNCCCCN.OCCCCNCCCO. The van der Waals surface area contributed by atoms with Gasteiger partial charge in [0, 0.05) is 13.2 Å². The van der Waals surface area contributed by atoms with Crippen molar-refractivity contribution >= 4 is 0 Å². The van der Waals surface area contributed by atoms with Crippen molar-refractivity contribution in [2.75, 3.05) is 52.5 Å². The fourth-order valence-electron chi connectivity index (χ4n) is 1.60. The van der Waals surface area contributed by atoms with Gasteiger partial charge in [-0.3, -0.25) is 0 Å². The van der Waals surface area contributed by atoms with E-state index >= 15 is 0 Å². The number of rotatable bonds is 15. The second-order valence-corrected chi connectivity index (χ2v) is 5.00. The van der Waals surface area contributed by atoms with Gasteiger partial charge in [-0.1, -0.05) is 0 Å². The van der Waals surface area contributed by atoms with E-state index in [0.717, 1.165) is 71.4 Å². The molecule has 0 spiro atoms. The van der Waals surface area contributed by atoms with Crippen LogP contribution in [-0.2, 0) is 0 Å². The molecule has 0 amide bonds. The van der Waals surface area contributed by atoms with Crippen LogP contribution in [0.3, 0.4) is 0 Å². The highest BCUT2D eigenvalue weighted by Crippen LogP contribution is 1.85. The molecule has 0 radical (unpaired) electrons. The minimum atomic E-state index is 0.257. The Morgan fingerprint density at radius 1 is 0.524 bits per heavy atom. The standard InChI is InChI=1S/C8H21N3.C7H17NO2/c9-5-1-3-7-11-8-4-2-6-10;9-6-2-1-4-8-5-3-7-10/h11H,1-10H2;8-10H,1-7H2. The average Bonchev–Trinajstić information content (AvgIpc) is 2.51. The monoisotopic (exact) mass is 306 g/mol. The Labute approximate surface area is 130 Å². The zero-order chi connectivity index (χ0) is 16.0. The van der Waals surface area contributed by atoms with Gasteiger partial charge in [0.1, 0.15) is 0 Å². The molecule has 8 N–H and O–H groups in total. The Kier molecular flexibility index (Phi) is 27.2. The van der Waals surface area contributed by atoms with Crippen LogP contribution >= 0.6 is 0 Å². The molecule has 0 heterocycles. The quantitative estimate of drug-likeness (QED) is 0.233. The molecule has 0 aliphatic carbocycles. The van der Waals surface area contributed by atoms with Crippen LogP contribution in [0, 0.1) is 0 Å². The molecular formula is C15H38N4O2. The summed E-state index contributed by atoms with van der Waals surface area (Å²) in [6.45, 7) is 6.18. The van der Waals surface area contributed by atoms with E-state index in [4.69, 9.17) is 21.7 Å². The lowest BCUT2D eigenvalue weighted by molar-refractivity contribution is 0.278. The number of aliphatic hydroxyl groups is 2. The largest absolute Gasteiger partial charge is 0.396 e. The Morgan fingerprint density at radius 2 is 0.905 bits per heavy atom. The van der Waals surface area contributed by atoms with Gasteiger partial charge in [-0.15, -0.1) is 0 Å². The molecule has 0 saturated heterocycles. The van der Waals surface area contributed by atoms with Gasteiger partial charge < -0.3 is 32.3 Å². The molecule has 0 unspecified atom stereocenters. The first-order chi connectivity index (χ1) is 10.3. The van der Waals surface area contributed by atoms with Gasteiger partial charge in [0.05, 0.1) is 0 Å². The lowest BCUT2D eigenvalue weighted by Crippen LogP contribution is -2.18. The zero-order valence-electron chi connectivity index (χ0n) is 13.7. The van der Waals surface area contributed by atoms with Gasteiger partial charge in [-0.2, -0.15) is 0 Å². The second-order valence-electron chi connectivity index (χ2n) is 5.00. The highest BCUT2D eigenvalue weighted by molar-refractivity contribution is 4.50. The lowest BCUT2D eigenvalue weighted by Gasteiger charge is -2.02. The van der Waals surface area contributed by atoms with Crippen molar-refractivity contribution < 1.29 is 10.2 Å². The summed E-state index contributed by atoms with van der Waals surface area (Å²) in [5, 5.41) is 23.3. The molecular weight excluding hydrogens is 268 g/mol. The van der Waals surface area contributed by atoms with Crippen molar-refractivity contribution in [3.8, 4) is 0 Å². The van der Waals surface area contributed by atoms with Gasteiger partial charge >= 0.3 is 0 Å². The molecule has 0 atom stereocenters. The van der Waals surface area contributed by atoms with E-state index in [9.17, 15) is 0 Å². The van der Waals surface area contributed by atoms with Gasteiger partial charge in [-0.05, 0) is 84.2 Å². The minimum absolute atomic E-state index is 0.257. The normalized spacial score (nSPS) is 10.3. The summed E-state index contributed by atoms with van der Waals surface area (Å²) in [5.41, 5.74) is 10.7. The van der Waals surface area contributed by atoms with E-state index in [-0.39, 0.29) is 13.2 Å². The van der Waals surface area contributed by atoms with Crippen molar-refractivity contribution in [2.45, 2.75) is 44.9 Å². The van der Waals surface area contributed by atoms with Crippen molar-refractivity contribution in [1.29, 1.82) is 0 Å². The van der Waals surface area contributed by atoms with Crippen LogP contribution in [0.1, 0.15) is 44.9 Å². The molecule has 6 nitrogen and oxygen atoms in total. The third kappa shape index (κ3) is 28.6. The number of hydrogen-bond acceptors (Lipinski definition) is 6. The highest BCUT2D eigenvalue weighted by atomic mass is 16.3. The Balaban J connectivity index is 0.